The Labute approximate surface area is 120 Å². The third kappa shape index (κ3) is 3.34. The number of aromatic nitrogens is 1. The Bertz CT molecular complexity index is 806. The van der Waals surface area contributed by atoms with Crippen molar-refractivity contribution in [3.8, 4) is 0 Å². The molecule has 2 N–H and O–H groups in total. The van der Waals surface area contributed by atoms with Gasteiger partial charge in [-0.2, -0.15) is 0 Å². The van der Waals surface area contributed by atoms with E-state index in [4.69, 9.17) is 5.11 Å². The highest BCUT2D eigenvalue weighted by atomic mass is 32.2. The molecule has 21 heavy (non-hydrogen) atoms. The number of hydrogen-bond acceptors (Lipinski definition) is 4. The lowest BCUT2D eigenvalue weighted by Gasteiger charge is -2.09. The second-order valence-electron chi connectivity index (χ2n) is 4.25. The first-order valence-electron chi connectivity index (χ1n) is 5.78. The number of sulfonamides is 1. The molecule has 8 heteroatoms. The summed E-state index contributed by atoms with van der Waals surface area (Å²) in [4.78, 5) is 14.1. The highest BCUT2D eigenvalue weighted by Crippen LogP contribution is 2.18. The van der Waals surface area contributed by atoms with Gasteiger partial charge in [-0.15, -0.1) is 0 Å². The molecule has 0 aliphatic heterocycles. The molecule has 0 fully saturated rings. The number of halogens is 1. The standard InChI is InChI=1S/C13H11FN2O4S/c1-8-2-3-10(7-11(8)14)21(19,20)16-9-4-5-15-12(6-9)13(17)18/h2-7H,1H3,(H,15,16)(H,17,18). The number of rotatable bonds is 4. The molecule has 0 saturated carbocycles. The number of benzene rings is 1. The van der Waals surface area contributed by atoms with Crippen LogP contribution >= 0.6 is 0 Å². The molecule has 1 aromatic heterocycles. The van der Waals surface area contributed by atoms with E-state index in [2.05, 4.69) is 9.71 Å². The lowest BCUT2D eigenvalue weighted by molar-refractivity contribution is 0.0690. The number of nitrogens with one attached hydrogen (secondary N) is 1. The van der Waals surface area contributed by atoms with Gasteiger partial charge in [-0.1, -0.05) is 6.07 Å². The zero-order valence-electron chi connectivity index (χ0n) is 10.9. The molecule has 0 unspecified atom stereocenters. The van der Waals surface area contributed by atoms with Gasteiger partial charge in [-0.05, 0) is 36.8 Å². The first kappa shape index (κ1) is 14.9. The van der Waals surface area contributed by atoms with E-state index in [1.54, 1.807) is 0 Å². The molecule has 0 bridgehead atoms. The maximum atomic E-state index is 13.4. The molecular weight excluding hydrogens is 299 g/mol. The second-order valence-corrected chi connectivity index (χ2v) is 5.93. The fourth-order valence-electron chi connectivity index (χ4n) is 1.57. The molecule has 1 aromatic carbocycles. The summed E-state index contributed by atoms with van der Waals surface area (Å²) in [6.45, 7) is 1.52. The summed E-state index contributed by atoms with van der Waals surface area (Å²) < 4.78 is 39.8. The van der Waals surface area contributed by atoms with Gasteiger partial charge >= 0.3 is 5.97 Å². The van der Waals surface area contributed by atoms with Gasteiger partial charge in [-0.25, -0.2) is 22.6 Å². The third-order valence-electron chi connectivity index (χ3n) is 2.68. The van der Waals surface area contributed by atoms with Gasteiger partial charge in [0.05, 0.1) is 10.6 Å². The summed E-state index contributed by atoms with van der Waals surface area (Å²) >= 11 is 0. The second kappa shape index (κ2) is 5.49. The third-order valence-corrected chi connectivity index (χ3v) is 4.06. The predicted molar refractivity (Wildman–Crippen MR) is 73.1 cm³/mol. The van der Waals surface area contributed by atoms with Crippen molar-refractivity contribution >= 4 is 21.7 Å². The van der Waals surface area contributed by atoms with Gasteiger partial charge in [0.1, 0.15) is 11.5 Å². The molecule has 0 radical (unpaired) electrons. The van der Waals surface area contributed by atoms with E-state index in [1.807, 2.05) is 0 Å². The number of pyridine rings is 1. The van der Waals surface area contributed by atoms with Crippen LogP contribution in [0.3, 0.4) is 0 Å². The van der Waals surface area contributed by atoms with Crippen LogP contribution in [-0.2, 0) is 10.0 Å². The van der Waals surface area contributed by atoms with Gasteiger partial charge in [0, 0.05) is 6.20 Å². The van der Waals surface area contributed by atoms with Gasteiger partial charge < -0.3 is 5.11 Å². The van der Waals surface area contributed by atoms with E-state index in [0.29, 0.717) is 5.56 Å². The Morgan fingerprint density at radius 3 is 2.62 bits per heavy atom. The first-order chi connectivity index (χ1) is 9.79. The minimum absolute atomic E-state index is 0.0309. The van der Waals surface area contributed by atoms with Crippen molar-refractivity contribution in [2.24, 2.45) is 0 Å². The number of nitrogens with zero attached hydrogens (tertiary/aromatic N) is 1. The highest BCUT2D eigenvalue weighted by Gasteiger charge is 2.16. The molecule has 1 heterocycles. The molecule has 2 aromatic rings. The van der Waals surface area contributed by atoms with Crippen molar-refractivity contribution in [3.05, 3.63) is 53.6 Å². The average Bonchev–Trinajstić information content (AvgIpc) is 2.41. The minimum Gasteiger partial charge on any atom is -0.477 e. The van der Waals surface area contributed by atoms with Crippen LogP contribution in [0.25, 0.3) is 0 Å². The molecule has 0 spiro atoms. The van der Waals surface area contributed by atoms with Crippen molar-refractivity contribution in [3.63, 3.8) is 0 Å². The van der Waals surface area contributed by atoms with E-state index in [9.17, 15) is 17.6 Å². The van der Waals surface area contributed by atoms with E-state index in [0.717, 1.165) is 18.3 Å². The fraction of sp³-hybridized carbons (Fsp3) is 0.0769. The lowest BCUT2D eigenvalue weighted by atomic mass is 10.2. The summed E-state index contributed by atoms with van der Waals surface area (Å²) in [6.07, 6.45) is 1.16. The largest absolute Gasteiger partial charge is 0.477 e. The van der Waals surface area contributed by atoms with E-state index < -0.39 is 21.8 Å². The highest BCUT2D eigenvalue weighted by molar-refractivity contribution is 7.92. The zero-order valence-corrected chi connectivity index (χ0v) is 11.7. The molecule has 6 nitrogen and oxygen atoms in total. The number of aryl methyl sites for hydroxylation is 1. The number of aromatic carboxylic acids is 1. The minimum atomic E-state index is -4.01. The Hall–Kier alpha value is -2.48. The van der Waals surface area contributed by atoms with Crippen LogP contribution < -0.4 is 4.72 Å². The smallest absolute Gasteiger partial charge is 0.354 e. The molecule has 2 rings (SSSR count). The first-order valence-corrected chi connectivity index (χ1v) is 7.26. The topological polar surface area (TPSA) is 96.4 Å². The normalized spacial score (nSPS) is 11.1. The zero-order chi connectivity index (χ0) is 15.6. The molecule has 0 amide bonds. The van der Waals surface area contributed by atoms with Crippen molar-refractivity contribution in [2.75, 3.05) is 4.72 Å². The number of hydrogen-bond donors (Lipinski definition) is 2. The maximum Gasteiger partial charge on any atom is 0.354 e. The number of carbonyl (C=O) groups is 1. The number of carboxylic acids is 1. The molecule has 0 aliphatic carbocycles. The van der Waals surface area contributed by atoms with Gasteiger partial charge in [0.2, 0.25) is 0 Å². The monoisotopic (exact) mass is 310 g/mol. The summed E-state index contributed by atoms with van der Waals surface area (Å²) in [5.41, 5.74) is 0.0553. The molecular formula is C13H11FN2O4S. The van der Waals surface area contributed by atoms with Gasteiger partial charge in [-0.3, -0.25) is 4.72 Å². The van der Waals surface area contributed by atoms with Crippen LogP contribution in [0.5, 0.6) is 0 Å². The molecule has 0 saturated heterocycles. The Morgan fingerprint density at radius 2 is 2.00 bits per heavy atom. The Balaban J connectivity index is 2.35. The van der Waals surface area contributed by atoms with Crippen molar-refractivity contribution < 1.29 is 22.7 Å². The summed E-state index contributed by atoms with van der Waals surface area (Å²) in [7, 11) is -4.01. The lowest BCUT2D eigenvalue weighted by Crippen LogP contribution is -2.14. The quantitative estimate of drug-likeness (QED) is 0.900. The SMILES string of the molecule is Cc1ccc(S(=O)(=O)Nc2ccnc(C(=O)O)c2)cc1F. The maximum absolute atomic E-state index is 13.4. The van der Waals surface area contributed by atoms with Crippen molar-refractivity contribution in [2.45, 2.75) is 11.8 Å². The van der Waals surface area contributed by atoms with Crippen LogP contribution in [0.1, 0.15) is 16.1 Å². The Morgan fingerprint density at radius 1 is 1.29 bits per heavy atom. The van der Waals surface area contributed by atoms with Crippen LogP contribution in [0, 0.1) is 12.7 Å². The van der Waals surface area contributed by atoms with Crippen LogP contribution in [0.4, 0.5) is 10.1 Å². The van der Waals surface area contributed by atoms with Crippen molar-refractivity contribution in [1.29, 1.82) is 0 Å². The van der Waals surface area contributed by atoms with Crippen LogP contribution in [0.2, 0.25) is 0 Å². The number of anilines is 1. The van der Waals surface area contributed by atoms with Crippen LogP contribution in [-0.4, -0.2) is 24.5 Å². The molecule has 110 valence electrons. The summed E-state index contributed by atoms with van der Waals surface area (Å²) in [6, 6.07) is 5.88. The molecule has 0 atom stereocenters. The predicted octanol–water partition coefficient (Wildman–Crippen LogP) is 2.03. The van der Waals surface area contributed by atoms with Gasteiger partial charge in [0.25, 0.3) is 10.0 Å². The Kier molecular flexibility index (Phi) is 3.90. The van der Waals surface area contributed by atoms with Gasteiger partial charge in [0.15, 0.2) is 0 Å². The average molecular weight is 310 g/mol. The van der Waals surface area contributed by atoms with E-state index >= 15 is 0 Å². The van der Waals surface area contributed by atoms with Crippen molar-refractivity contribution in [1.82, 2.24) is 4.98 Å². The summed E-state index contributed by atoms with van der Waals surface area (Å²) in [5.74, 6) is -1.92. The molecule has 0 aliphatic rings. The van der Waals surface area contributed by atoms with E-state index in [-0.39, 0.29) is 16.3 Å². The summed E-state index contributed by atoms with van der Waals surface area (Å²) in [5, 5.41) is 8.80. The fourth-order valence-corrected chi connectivity index (χ4v) is 2.63. The van der Waals surface area contributed by atoms with E-state index in [1.165, 1.54) is 25.1 Å². The number of carboxylic acid groups (broad SMARTS) is 1. The van der Waals surface area contributed by atoms with Crippen LogP contribution in [0.15, 0.2) is 41.4 Å².